The van der Waals surface area contributed by atoms with Gasteiger partial charge in [0.25, 0.3) is 5.91 Å². The maximum absolute atomic E-state index is 15.5. The number of carboxylic acids is 1. The molecule has 1 atom stereocenters. The van der Waals surface area contributed by atoms with Crippen LogP contribution in [0.3, 0.4) is 0 Å². The van der Waals surface area contributed by atoms with Gasteiger partial charge in [-0.2, -0.15) is 5.10 Å². The number of aromatic nitrogens is 4. The van der Waals surface area contributed by atoms with Crippen molar-refractivity contribution in [2.24, 2.45) is 7.05 Å². The Morgan fingerprint density at radius 2 is 1.65 bits per heavy atom. The average molecular weight is 871 g/mol. The van der Waals surface area contributed by atoms with Crippen LogP contribution in [0.5, 0.6) is 5.75 Å². The second-order valence-electron chi connectivity index (χ2n) is 18.1. The molecular formula is C47H57Cl2N5O5Si. The number of nitrogens with zero attached hydrogens (tertiary/aromatic N) is 5. The van der Waals surface area contributed by atoms with Gasteiger partial charge in [-0.15, -0.1) is 0 Å². The topological polar surface area (TPSA) is 104 Å². The first kappa shape index (κ1) is 43.5. The number of carbonyl (C=O) groups is 2. The molecule has 1 aliphatic heterocycles. The van der Waals surface area contributed by atoms with E-state index in [0.29, 0.717) is 61.1 Å². The number of aromatic carboxylic acids is 1. The Morgan fingerprint density at radius 1 is 0.967 bits per heavy atom. The minimum absolute atomic E-state index is 0.00522. The molecule has 318 valence electrons. The van der Waals surface area contributed by atoms with Crippen molar-refractivity contribution in [3.8, 4) is 16.9 Å². The van der Waals surface area contributed by atoms with Crippen molar-refractivity contribution in [1.82, 2.24) is 18.9 Å². The highest BCUT2D eigenvalue weighted by molar-refractivity contribution is 6.74. The van der Waals surface area contributed by atoms with Crippen LogP contribution in [-0.4, -0.2) is 64.0 Å². The van der Waals surface area contributed by atoms with Crippen LogP contribution in [0.25, 0.3) is 32.9 Å². The molecule has 4 heterocycles. The summed E-state index contributed by atoms with van der Waals surface area (Å²) in [4.78, 5) is 30.2. The fourth-order valence-electron chi connectivity index (χ4n) is 8.70. The number of amides is 1. The summed E-state index contributed by atoms with van der Waals surface area (Å²) in [5.41, 5.74) is 10.5. The lowest BCUT2D eigenvalue weighted by atomic mass is 9.98. The normalized spacial score (nSPS) is 14.8. The van der Waals surface area contributed by atoms with Crippen LogP contribution in [0.2, 0.25) is 28.2 Å². The third-order valence-corrected chi connectivity index (χ3v) is 18.2. The van der Waals surface area contributed by atoms with Crippen LogP contribution in [-0.2, 0) is 24.4 Å². The molecule has 1 amide bonds. The van der Waals surface area contributed by atoms with E-state index >= 15 is 4.79 Å². The van der Waals surface area contributed by atoms with Gasteiger partial charge in [0.2, 0.25) is 0 Å². The van der Waals surface area contributed by atoms with E-state index in [2.05, 4.69) is 45.4 Å². The minimum atomic E-state index is -2.12. The van der Waals surface area contributed by atoms with Gasteiger partial charge in [0.15, 0.2) is 8.32 Å². The standard InChI is InChI=1S/C47H57Cl2N5O5Si/c1-26-20-32-24-38(46(56)57)52(17-19-59-60(11,12)47(7,8)9)42(32)37(21-26)53-25-29(4)54-43-35(15-16-36(48)40(43)39-30(5)50-51(10)31(39)6)34(44(54)45(53)55)14-13-18-58-33-22-27(2)41(49)28(3)23-33/h15-16,20-24,29H,13-14,17-19,25H2,1-12H3,(H,56,57)/t29-/m1/s1. The molecule has 0 spiro atoms. The van der Waals surface area contributed by atoms with Crippen LogP contribution < -0.4 is 9.64 Å². The number of anilines is 1. The lowest BCUT2D eigenvalue weighted by molar-refractivity contribution is 0.0684. The molecule has 60 heavy (non-hydrogen) atoms. The number of benzene rings is 3. The molecule has 3 aromatic carbocycles. The van der Waals surface area contributed by atoms with Crippen LogP contribution in [0, 0.1) is 34.6 Å². The van der Waals surface area contributed by atoms with Gasteiger partial charge in [-0.05, 0) is 131 Å². The van der Waals surface area contributed by atoms with E-state index in [9.17, 15) is 9.90 Å². The van der Waals surface area contributed by atoms with Crippen LogP contribution in [0.4, 0.5) is 5.69 Å². The first-order chi connectivity index (χ1) is 28.1. The molecule has 10 nitrogen and oxygen atoms in total. The van der Waals surface area contributed by atoms with Crippen molar-refractivity contribution in [1.29, 1.82) is 0 Å². The maximum atomic E-state index is 15.5. The van der Waals surface area contributed by atoms with Gasteiger partial charge >= 0.3 is 5.97 Å². The largest absolute Gasteiger partial charge is 0.494 e. The van der Waals surface area contributed by atoms with Crippen molar-refractivity contribution < 1.29 is 23.9 Å². The van der Waals surface area contributed by atoms with Crippen LogP contribution in [0.1, 0.15) is 94.8 Å². The Labute approximate surface area is 364 Å². The summed E-state index contributed by atoms with van der Waals surface area (Å²) >= 11 is 13.6. The summed E-state index contributed by atoms with van der Waals surface area (Å²) in [6, 6.07) is 13.4. The smallest absolute Gasteiger partial charge is 0.352 e. The Kier molecular flexibility index (Phi) is 11.6. The molecule has 0 fully saturated rings. The Morgan fingerprint density at radius 3 is 2.27 bits per heavy atom. The fourth-order valence-corrected chi connectivity index (χ4v) is 10.1. The summed E-state index contributed by atoms with van der Waals surface area (Å²) < 4.78 is 18.7. The van der Waals surface area contributed by atoms with Gasteiger partial charge in [-0.1, -0.05) is 50.0 Å². The quantitative estimate of drug-likeness (QED) is 0.0970. The third kappa shape index (κ3) is 7.56. The summed E-state index contributed by atoms with van der Waals surface area (Å²) in [7, 11) is -0.194. The Balaban J connectivity index is 1.37. The highest BCUT2D eigenvalue weighted by atomic mass is 35.5. The number of carboxylic acid groups (broad SMARTS) is 1. The summed E-state index contributed by atoms with van der Waals surface area (Å²) in [6.07, 6.45) is 1.21. The highest BCUT2D eigenvalue weighted by Gasteiger charge is 2.39. The van der Waals surface area contributed by atoms with Gasteiger partial charge < -0.3 is 28.3 Å². The highest BCUT2D eigenvalue weighted by Crippen LogP contribution is 2.46. The molecule has 7 rings (SSSR count). The summed E-state index contributed by atoms with van der Waals surface area (Å²) in [6.45, 7) is 24.5. The number of hydrogen-bond acceptors (Lipinski definition) is 5. The maximum Gasteiger partial charge on any atom is 0.352 e. The number of fused-ring (bicyclic) bond motifs is 4. The number of aryl methyl sites for hydroxylation is 6. The minimum Gasteiger partial charge on any atom is -0.494 e. The molecule has 0 radical (unpaired) electrons. The zero-order chi connectivity index (χ0) is 43.7. The third-order valence-electron chi connectivity index (χ3n) is 12.8. The predicted octanol–water partition coefficient (Wildman–Crippen LogP) is 11.8. The second kappa shape index (κ2) is 16.0. The van der Waals surface area contributed by atoms with Crippen molar-refractivity contribution in [2.45, 2.75) is 106 Å². The molecule has 0 saturated carbocycles. The molecule has 13 heteroatoms. The van der Waals surface area contributed by atoms with Crippen LogP contribution >= 0.6 is 23.2 Å². The molecular weight excluding hydrogens is 814 g/mol. The van der Waals surface area contributed by atoms with Crippen molar-refractivity contribution in [3.63, 3.8) is 0 Å². The number of hydrogen-bond donors (Lipinski definition) is 1. The first-order valence-corrected chi connectivity index (χ1v) is 24.4. The Bertz CT molecular complexity index is 2680. The van der Waals surface area contributed by atoms with Gasteiger partial charge in [-0.3, -0.25) is 9.48 Å². The zero-order valence-electron chi connectivity index (χ0n) is 36.9. The lowest BCUT2D eigenvalue weighted by Gasteiger charge is -2.36. The first-order valence-electron chi connectivity index (χ1n) is 20.7. The van der Waals surface area contributed by atoms with Gasteiger partial charge in [0.1, 0.15) is 17.1 Å². The number of ether oxygens (including phenoxy) is 1. The number of halogens is 2. The van der Waals surface area contributed by atoms with Gasteiger partial charge in [0.05, 0.1) is 40.7 Å². The molecule has 0 unspecified atom stereocenters. The predicted molar refractivity (Wildman–Crippen MR) is 247 cm³/mol. The average Bonchev–Trinajstić information content (AvgIpc) is 3.78. The molecule has 3 aromatic heterocycles. The molecule has 0 bridgehead atoms. The summed E-state index contributed by atoms with van der Waals surface area (Å²) in [5, 5.41) is 18.3. The zero-order valence-corrected chi connectivity index (χ0v) is 39.4. The second-order valence-corrected chi connectivity index (χ2v) is 23.7. The van der Waals surface area contributed by atoms with E-state index in [-0.39, 0.29) is 22.7 Å². The van der Waals surface area contributed by atoms with Gasteiger partial charge in [-0.25, -0.2) is 4.79 Å². The molecule has 1 aliphatic rings. The molecule has 6 aromatic rings. The van der Waals surface area contributed by atoms with E-state index in [4.69, 9.17) is 37.5 Å². The van der Waals surface area contributed by atoms with Crippen LogP contribution in [0.15, 0.2) is 42.5 Å². The Hall–Kier alpha value is -4.55. The monoisotopic (exact) mass is 869 g/mol. The lowest BCUT2D eigenvalue weighted by Crippen LogP contribution is -2.43. The van der Waals surface area contributed by atoms with Gasteiger partial charge in [0, 0.05) is 58.8 Å². The van der Waals surface area contributed by atoms with E-state index in [0.717, 1.165) is 71.8 Å². The van der Waals surface area contributed by atoms with E-state index in [1.807, 2.05) is 92.2 Å². The van der Waals surface area contributed by atoms with Crippen molar-refractivity contribution in [2.75, 3.05) is 24.7 Å². The van der Waals surface area contributed by atoms with E-state index in [1.165, 1.54) is 0 Å². The summed E-state index contributed by atoms with van der Waals surface area (Å²) in [5.74, 6) is -0.424. The SMILES string of the molecule is Cc1cc(N2C[C@@H](C)n3c(c(CCCOc4cc(C)c(Cl)c(C)c4)c4ccc(Cl)c(-c5c(C)nn(C)c5C)c43)C2=O)c2c(c1)cc(C(=O)O)n2CCO[Si](C)(C)C(C)(C)C. The van der Waals surface area contributed by atoms with E-state index < -0.39 is 14.3 Å². The molecule has 1 N–H and O–H groups in total. The number of carbonyl (C=O) groups excluding carboxylic acids is 1. The van der Waals surface area contributed by atoms with Crippen molar-refractivity contribution >= 4 is 70.9 Å². The van der Waals surface area contributed by atoms with E-state index in [1.54, 1.807) is 6.07 Å². The van der Waals surface area contributed by atoms with Crippen molar-refractivity contribution in [3.05, 3.63) is 97.5 Å². The number of rotatable bonds is 12. The molecule has 0 aliphatic carbocycles. The fraction of sp³-hybridized carbons (Fsp3) is 0.426. The molecule has 0 saturated heterocycles.